The first-order chi connectivity index (χ1) is 6.29. The van der Waals surface area contributed by atoms with Crippen molar-refractivity contribution in [1.82, 2.24) is 4.98 Å². The minimum Gasteiger partial charge on any atom is -0.494 e. The molecule has 1 heterocycles. The third-order valence-corrected chi connectivity index (χ3v) is 2.87. The van der Waals surface area contributed by atoms with Gasteiger partial charge in [-0.2, -0.15) is 0 Å². The van der Waals surface area contributed by atoms with Crippen molar-refractivity contribution in [2.24, 2.45) is 0 Å². The molecule has 68 valence electrons. The van der Waals surface area contributed by atoms with Gasteiger partial charge >= 0.3 is 0 Å². The summed E-state index contributed by atoms with van der Waals surface area (Å²) in [6.45, 7) is 2.65. The summed E-state index contributed by atoms with van der Waals surface area (Å²) in [7, 11) is 0. The number of ether oxygens (including phenoxy) is 1. The number of rotatable bonds is 2. The number of nitrogens with zero attached hydrogens (tertiary/aromatic N) is 1. The van der Waals surface area contributed by atoms with E-state index in [0.29, 0.717) is 6.61 Å². The van der Waals surface area contributed by atoms with Gasteiger partial charge in [0.25, 0.3) is 0 Å². The molecular weight excluding hydrogens is 202 g/mol. The largest absolute Gasteiger partial charge is 0.494 e. The second-order valence-electron chi connectivity index (χ2n) is 2.56. The van der Waals surface area contributed by atoms with Gasteiger partial charge in [0, 0.05) is 6.07 Å². The Hall–Kier alpha value is -0.740. The predicted octanol–water partition coefficient (Wildman–Crippen LogP) is 2.98. The number of benzene rings is 1. The van der Waals surface area contributed by atoms with Gasteiger partial charge < -0.3 is 4.74 Å². The van der Waals surface area contributed by atoms with Crippen LogP contribution in [0.15, 0.2) is 22.5 Å². The molecule has 1 aromatic carbocycles. The van der Waals surface area contributed by atoms with Crippen LogP contribution in [0.25, 0.3) is 10.2 Å². The molecule has 4 heteroatoms. The van der Waals surface area contributed by atoms with Gasteiger partial charge in [0.15, 0.2) is 0 Å². The van der Waals surface area contributed by atoms with Crippen LogP contribution in [0.2, 0.25) is 0 Å². The third-order valence-electron chi connectivity index (χ3n) is 1.66. The summed E-state index contributed by atoms with van der Waals surface area (Å²) in [5, 5.41) is 0. The first-order valence-corrected chi connectivity index (χ1v) is 5.28. The van der Waals surface area contributed by atoms with E-state index in [2.05, 4.69) is 17.6 Å². The summed E-state index contributed by atoms with van der Waals surface area (Å²) < 4.78 is 7.30. The molecule has 0 aliphatic rings. The number of hydrogen-bond acceptors (Lipinski definition) is 4. The van der Waals surface area contributed by atoms with Crippen molar-refractivity contribution in [3.8, 4) is 5.75 Å². The van der Waals surface area contributed by atoms with Crippen LogP contribution in [0, 0.1) is 0 Å². The van der Waals surface area contributed by atoms with Crippen molar-refractivity contribution >= 4 is 34.2 Å². The summed E-state index contributed by atoms with van der Waals surface area (Å²) in [4.78, 5) is 4.26. The van der Waals surface area contributed by atoms with Crippen LogP contribution in [0.5, 0.6) is 5.75 Å². The molecular formula is C9H9NOS2. The Balaban J connectivity index is 2.48. The van der Waals surface area contributed by atoms with Crippen molar-refractivity contribution in [3.05, 3.63) is 18.2 Å². The molecule has 2 aromatic rings. The number of fused-ring (bicyclic) bond motifs is 1. The number of aromatic nitrogens is 1. The van der Waals surface area contributed by atoms with Gasteiger partial charge in [-0.1, -0.05) is 0 Å². The van der Waals surface area contributed by atoms with Crippen LogP contribution >= 0.6 is 24.0 Å². The van der Waals surface area contributed by atoms with E-state index in [1.54, 1.807) is 11.3 Å². The summed E-state index contributed by atoms with van der Waals surface area (Å²) in [6, 6.07) is 5.91. The Morgan fingerprint density at radius 3 is 3.15 bits per heavy atom. The number of thiol groups is 1. The lowest BCUT2D eigenvalue weighted by molar-refractivity contribution is 0.340. The summed E-state index contributed by atoms with van der Waals surface area (Å²) in [6.07, 6.45) is 0. The maximum atomic E-state index is 5.36. The molecule has 0 aliphatic heterocycles. The number of thiazole rings is 1. The molecule has 0 N–H and O–H groups in total. The SMILES string of the molecule is CCOc1ccc2sc(S)nc2c1. The van der Waals surface area contributed by atoms with E-state index in [1.165, 1.54) is 0 Å². The summed E-state index contributed by atoms with van der Waals surface area (Å²) in [5.74, 6) is 0.869. The van der Waals surface area contributed by atoms with Crippen LogP contribution in [0.3, 0.4) is 0 Å². The lowest BCUT2D eigenvalue weighted by Gasteiger charge is -2.00. The van der Waals surface area contributed by atoms with Crippen LogP contribution in [0.4, 0.5) is 0 Å². The molecule has 1 aromatic heterocycles. The Bertz CT molecular complexity index is 424. The van der Waals surface area contributed by atoms with E-state index >= 15 is 0 Å². The highest BCUT2D eigenvalue weighted by Crippen LogP contribution is 2.27. The van der Waals surface area contributed by atoms with Gasteiger partial charge in [0.05, 0.1) is 16.8 Å². The van der Waals surface area contributed by atoms with E-state index in [0.717, 1.165) is 20.3 Å². The first-order valence-electron chi connectivity index (χ1n) is 4.02. The predicted molar refractivity (Wildman–Crippen MR) is 58.0 cm³/mol. The second kappa shape index (κ2) is 3.55. The average Bonchev–Trinajstić information content (AvgIpc) is 2.44. The lowest BCUT2D eigenvalue weighted by Crippen LogP contribution is -1.90. The lowest BCUT2D eigenvalue weighted by atomic mass is 10.3. The molecule has 0 fully saturated rings. The zero-order valence-electron chi connectivity index (χ0n) is 7.15. The van der Waals surface area contributed by atoms with Crippen molar-refractivity contribution < 1.29 is 4.74 Å². The van der Waals surface area contributed by atoms with Gasteiger partial charge in [-0.05, 0) is 19.1 Å². The van der Waals surface area contributed by atoms with Crippen LogP contribution < -0.4 is 4.74 Å². The van der Waals surface area contributed by atoms with Gasteiger partial charge in [-0.15, -0.1) is 24.0 Å². The van der Waals surface area contributed by atoms with Gasteiger partial charge in [-0.3, -0.25) is 0 Å². The summed E-state index contributed by atoms with van der Waals surface area (Å²) in [5.41, 5.74) is 0.959. The van der Waals surface area contributed by atoms with Crippen LogP contribution in [-0.4, -0.2) is 11.6 Å². The normalized spacial score (nSPS) is 10.6. The molecule has 0 aliphatic carbocycles. The first kappa shape index (κ1) is 8.84. The maximum absolute atomic E-state index is 5.36. The molecule has 0 radical (unpaired) electrons. The van der Waals surface area contributed by atoms with Crippen LogP contribution in [0.1, 0.15) is 6.92 Å². The smallest absolute Gasteiger partial charge is 0.148 e. The van der Waals surface area contributed by atoms with Crippen molar-refractivity contribution in [2.75, 3.05) is 6.61 Å². The molecule has 0 amide bonds. The molecule has 0 saturated carbocycles. The van der Waals surface area contributed by atoms with Crippen LogP contribution in [-0.2, 0) is 0 Å². The molecule has 2 rings (SSSR count). The monoisotopic (exact) mass is 211 g/mol. The molecule has 2 nitrogen and oxygen atoms in total. The topological polar surface area (TPSA) is 22.1 Å². The van der Waals surface area contributed by atoms with E-state index in [4.69, 9.17) is 4.74 Å². The van der Waals surface area contributed by atoms with E-state index in [-0.39, 0.29) is 0 Å². The fourth-order valence-corrected chi connectivity index (χ4v) is 2.24. The Morgan fingerprint density at radius 2 is 2.38 bits per heavy atom. The zero-order valence-corrected chi connectivity index (χ0v) is 8.86. The van der Waals surface area contributed by atoms with Crippen molar-refractivity contribution in [1.29, 1.82) is 0 Å². The van der Waals surface area contributed by atoms with Gasteiger partial charge in [0.1, 0.15) is 10.1 Å². The molecule has 0 saturated heterocycles. The molecule has 0 atom stereocenters. The third kappa shape index (κ3) is 1.78. The van der Waals surface area contributed by atoms with Gasteiger partial charge in [0.2, 0.25) is 0 Å². The molecule has 0 bridgehead atoms. The second-order valence-corrected chi connectivity index (χ2v) is 4.32. The highest BCUT2D eigenvalue weighted by atomic mass is 32.2. The Kier molecular flexibility index (Phi) is 2.42. The standard InChI is InChI=1S/C9H9NOS2/c1-2-11-6-3-4-8-7(5-6)10-9(12)13-8/h3-5H,2H2,1H3,(H,10,12). The van der Waals surface area contributed by atoms with Crippen molar-refractivity contribution in [3.63, 3.8) is 0 Å². The highest BCUT2D eigenvalue weighted by molar-refractivity contribution is 7.82. The number of hydrogen-bond donors (Lipinski definition) is 1. The Morgan fingerprint density at radius 1 is 1.54 bits per heavy atom. The fourth-order valence-electron chi connectivity index (χ4n) is 1.15. The van der Waals surface area contributed by atoms with E-state index in [9.17, 15) is 0 Å². The highest BCUT2D eigenvalue weighted by Gasteiger charge is 2.01. The quantitative estimate of drug-likeness (QED) is 0.771. The Labute approximate surface area is 86.0 Å². The van der Waals surface area contributed by atoms with Gasteiger partial charge in [-0.25, -0.2) is 4.98 Å². The van der Waals surface area contributed by atoms with E-state index in [1.807, 2.05) is 25.1 Å². The minimum atomic E-state index is 0.684. The molecule has 13 heavy (non-hydrogen) atoms. The average molecular weight is 211 g/mol. The fraction of sp³-hybridized carbons (Fsp3) is 0.222. The van der Waals surface area contributed by atoms with E-state index < -0.39 is 0 Å². The summed E-state index contributed by atoms with van der Waals surface area (Å²) >= 11 is 5.77. The maximum Gasteiger partial charge on any atom is 0.148 e. The molecule has 0 spiro atoms. The zero-order chi connectivity index (χ0) is 9.26. The van der Waals surface area contributed by atoms with Crippen molar-refractivity contribution in [2.45, 2.75) is 11.3 Å². The molecule has 0 unspecified atom stereocenters. The minimum absolute atomic E-state index is 0.684.